The number of thioether (sulfide) groups is 1. The third-order valence-corrected chi connectivity index (χ3v) is 4.59. The van der Waals surface area contributed by atoms with Crippen LogP contribution in [0.1, 0.15) is 16.7 Å². The molecule has 0 unspecified atom stereocenters. The Balaban J connectivity index is 1.67. The molecule has 25 heavy (non-hydrogen) atoms. The van der Waals surface area contributed by atoms with Gasteiger partial charge >= 0.3 is 0 Å². The zero-order valence-corrected chi connectivity index (χ0v) is 15.4. The molecule has 0 radical (unpaired) electrons. The second-order valence-corrected chi connectivity index (χ2v) is 6.78. The molecular weight excluding hydrogens is 336 g/mol. The maximum absolute atomic E-state index is 11.8. The number of carbonyl (C=O) groups is 2. The lowest BCUT2D eigenvalue weighted by Gasteiger charge is -2.10. The summed E-state index contributed by atoms with van der Waals surface area (Å²) in [5.74, 6) is 0.165. The van der Waals surface area contributed by atoms with Gasteiger partial charge in [-0.2, -0.15) is 0 Å². The van der Waals surface area contributed by atoms with E-state index < -0.39 is 5.91 Å². The highest BCUT2D eigenvalue weighted by Crippen LogP contribution is 2.18. The Morgan fingerprint density at radius 1 is 0.920 bits per heavy atom. The monoisotopic (exact) mass is 358 g/mol. The lowest BCUT2D eigenvalue weighted by molar-refractivity contribution is -0.128. The highest BCUT2D eigenvalue weighted by Gasteiger charge is 2.07. The van der Waals surface area contributed by atoms with Gasteiger partial charge in [-0.25, -0.2) is 0 Å². The lowest BCUT2D eigenvalue weighted by Crippen LogP contribution is -2.44. The van der Waals surface area contributed by atoms with Crippen LogP contribution in [0.3, 0.4) is 0 Å². The smallest absolute Gasteiger partial charge is 0.276 e. The van der Waals surface area contributed by atoms with Gasteiger partial charge < -0.3 is 4.74 Å². The van der Waals surface area contributed by atoms with E-state index in [1.54, 1.807) is 0 Å². The van der Waals surface area contributed by atoms with Crippen molar-refractivity contribution in [3.8, 4) is 5.75 Å². The molecule has 2 rings (SSSR count). The van der Waals surface area contributed by atoms with E-state index in [0.717, 1.165) is 16.0 Å². The summed E-state index contributed by atoms with van der Waals surface area (Å²) in [5.41, 5.74) is 8.16. The number of aryl methyl sites for hydroxylation is 3. The molecule has 0 aliphatic rings. The maximum Gasteiger partial charge on any atom is 0.276 e. The Bertz CT molecular complexity index is 745. The van der Waals surface area contributed by atoms with Gasteiger partial charge in [0.15, 0.2) is 6.61 Å². The third-order valence-electron chi connectivity index (χ3n) is 3.58. The Morgan fingerprint density at radius 3 is 2.28 bits per heavy atom. The summed E-state index contributed by atoms with van der Waals surface area (Å²) in [6.45, 7) is 5.84. The van der Waals surface area contributed by atoms with Crippen molar-refractivity contribution in [3.63, 3.8) is 0 Å². The van der Waals surface area contributed by atoms with E-state index in [1.165, 1.54) is 17.3 Å². The first-order chi connectivity index (χ1) is 11.9. The minimum absolute atomic E-state index is 0.159. The van der Waals surface area contributed by atoms with Crippen molar-refractivity contribution in [2.24, 2.45) is 0 Å². The average Bonchev–Trinajstić information content (AvgIpc) is 2.60. The quantitative estimate of drug-likeness (QED) is 0.615. The fourth-order valence-corrected chi connectivity index (χ4v) is 2.65. The molecule has 0 spiro atoms. The first-order valence-corrected chi connectivity index (χ1v) is 8.90. The van der Waals surface area contributed by atoms with Crippen LogP contribution in [0.5, 0.6) is 5.75 Å². The first-order valence-electron chi connectivity index (χ1n) is 7.91. The number of ether oxygens (including phenoxy) is 1. The number of amides is 2. The fraction of sp³-hybridized carbons (Fsp3) is 0.263. The van der Waals surface area contributed by atoms with Crippen LogP contribution in [0.25, 0.3) is 0 Å². The van der Waals surface area contributed by atoms with Crippen molar-refractivity contribution in [3.05, 3.63) is 59.2 Å². The zero-order valence-electron chi connectivity index (χ0n) is 14.6. The van der Waals surface area contributed by atoms with Crippen LogP contribution in [0.15, 0.2) is 47.4 Å². The molecule has 0 aromatic heterocycles. The van der Waals surface area contributed by atoms with Crippen molar-refractivity contribution >= 4 is 23.6 Å². The van der Waals surface area contributed by atoms with E-state index in [9.17, 15) is 9.59 Å². The summed E-state index contributed by atoms with van der Waals surface area (Å²) >= 11 is 1.41. The average molecular weight is 358 g/mol. The number of hydrogen-bond donors (Lipinski definition) is 2. The van der Waals surface area contributed by atoms with Gasteiger partial charge in [0.2, 0.25) is 5.91 Å². The predicted octanol–water partition coefficient (Wildman–Crippen LogP) is 2.93. The Morgan fingerprint density at radius 2 is 1.60 bits per heavy atom. The zero-order chi connectivity index (χ0) is 18.2. The molecule has 0 aliphatic heterocycles. The second-order valence-electron chi connectivity index (χ2n) is 5.73. The summed E-state index contributed by atoms with van der Waals surface area (Å²) in [6.07, 6.45) is 0. The predicted molar refractivity (Wildman–Crippen MR) is 99.6 cm³/mol. The van der Waals surface area contributed by atoms with Crippen LogP contribution in [0.2, 0.25) is 0 Å². The Labute approximate surface area is 152 Å². The number of rotatable bonds is 6. The normalized spacial score (nSPS) is 10.2. The molecule has 132 valence electrons. The van der Waals surface area contributed by atoms with Crippen molar-refractivity contribution in [1.29, 1.82) is 0 Å². The van der Waals surface area contributed by atoms with Gasteiger partial charge in [-0.1, -0.05) is 23.8 Å². The van der Waals surface area contributed by atoms with Crippen molar-refractivity contribution < 1.29 is 14.3 Å². The number of hydrogen-bond acceptors (Lipinski definition) is 4. The number of carbonyl (C=O) groups excluding carboxylic acids is 2. The third kappa shape index (κ3) is 6.51. The Kier molecular flexibility index (Phi) is 6.89. The highest BCUT2D eigenvalue weighted by atomic mass is 32.2. The second kappa shape index (κ2) is 9.13. The molecule has 0 fully saturated rings. The SMILES string of the molecule is Cc1ccc(SCC(=O)NNC(=O)COc2ccc(C)c(C)c2)cc1. The molecule has 2 aromatic carbocycles. The van der Waals surface area contributed by atoms with Crippen molar-refractivity contribution in [1.82, 2.24) is 10.9 Å². The van der Waals surface area contributed by atoms with Gasteiger partial charge in [-0.05, 0) is 56.2 Å². The first kappa shape index (κ1) is 18.9. The van der Waals surface area contributed by atoms with Gasteiger partial charge in [0.1, 0.15) is 5.75 Å². The van der Waals surface area contributed by atoms with E-state index in [-0.39, 0.29) is 18.3 Å². The van der Waals surface area contributed by atoms with E-state index in [2.05, 4.69) is 10.9 Å². The molecule has 0 aliphatic carbocycles. The summed E-state index contributed by atoms with van der Waals surface area (Å²) in [4.78, 5) is 24.5. The van der Waals surface area contributed by atoms with Crippen LogP contribution < -0.4 is 15.6 Å². The minimum atomic E-state index is -0.410. The van der Waals surface area contributed by atoms with Gasteiger partial charge in [0, 0.05) is 4.90 Å². The van der Waals surface area contributed by atoms with Crippen LogP contribution in [0, 0.1) is 20.8 Å². The summed E-state index contributed by atoms with van der Waals surface area (Å²) in [5, 5.41) is 0. The molecule has 6 heteroatoms. The molecule has 0 bridgehead atoms. The lowest BCUT2D eigenvalue weighted by atomic mass is 10.1. The number of nitrogens with one attached hydrogen (secondary N) is 2. The topological polar surface area (TPSA) is 67.4 Å². The Hall–Kier alpha value is -2.47. The van der Waals surface area contributed by atoms with E-state index in [1.807, 2.05) is 63.2 Å². The number of hydrazine groups is 1. The van der Waals surface area contributed by atoms with E-state index >= 15 is 0 Å². The standard InChI is InChI=1S/C19H22N2O3S/c1-13-4-8-17(9-5-13)25-12-19(23)21-20-18(22)11-24-16-7-6-14(2)15(3)10-16/h4-10H,11-12H2,1-3H3,(H,20,22)(H,21,23). The summed E-state index contributed by atoms with van der Waals surface area (Å²) in [7, 11) is 0. The van der Waals surface area contributed by atoms with Gasteiger partial charge in [0.05, 0.1) is 5.75 Å². The number of benzene rings is 2. The van der Waals surface area contributed by atoms with Gasteiger partial charge in [-0.15, -0.1) is 11.8 Å². The molecule has 2 aromatic rings. The van der Waals surface area contributed by atoms with E-state index in [4.69, 9.17) is 4.74 Å². The molecule has 0 heterocycles. The molecular formula is C19H22N2O3S. The maximum atomic E-state index is 11.8. The van der Waals surface area contributed by atoms with Crippen LogP contribution in [-0.4, -0.2) is 24.2 Å². The van der Waals surface area contributed by atoms with Crippen LogP contribution in [-0.2, 0) is 9.59 Å². The van der Waals surface area contributed by atoms with Crippen molar-refractivity contribution in [2.45, 2.75) is 25.7 Å². The van der Waals surface area contributed by atoms with Gasteiger partial charge in [-0.3, -0.25) is 20.4 Å². The molecule has 0 saturated carbocycles. The van der Waals surface area contributed by atoms with Crippen LogP contribution >= 0.6 is 11.8 Å². The fourth-order valence-electron chi connectivity index (χ4n) is 1.95. The largest absolute Gasteiger partial charge is 0.484 e. The summed E-state index contributed by atoms with van der Waals surface area (Å²) < 4.78 is 5.41. The molecule has 2 N–H and O–H groups in total. The molecule has 5 nitrogen and oxygen atoms in total. The molecule has 2 amide bonds. The molecule has 0 saturated heterocycles. The van der Waals surface area contributed by atoms with E-state index in [0.29, 0.717) is 5.75 Å². The summed E-state index contributed by atoms with van der Waals surface area (Å²) in [6, 6.07) is 13.5. The van der Waals surface area contributed by atoms with Gasteiger partial charge in [0.25, 0.3) is 5.91 Å². The van der Waals surface area contributed by atoms with Crippen molar-refractivity contribution in [2.75, 3.05) is 12.4 Å². The van der Waals surface area contributed by atoms with Crippen LogP contribution in [0.4, 0.5) is 0 Å². The minimum Gasteiger partial charge on any atom is -0.484 e. The highest BCUT2D eigenvalue weighted by molar-refractivity contribution is 8.00. The molecule has 0 atom stereocenters.